The van der Waals surface area contributed by atoms with Gasteiger partial charge in [0.1, 0.15) is 6.04 Å². The summed E-state index contributed by atoms with van der Waals surface area (Å²) in [6.07, 6.45) is 2.16. The van der Waals surface area contributed by atoms with Crippen molar-refractivity contribution in [3.63, 3.8) is 0 Å². The molecule has 0 aromatic rings. The van der Waals surface area contributed by atoms with Crippen molar-refractivity contribution in [2.75, 3.05) is 26.2 Å². The maximum atomic E-state index is 11.9. The number of nitrogens with one attached hydrogen (secondary N) is 2. The van der Waals surface area contributed by atoms with Crippen molar-refractivity contribution in [2.45, 2.75) is 46.6 Å². The number of piperidine rings is 1. The molecule has 0 aliphatic carbocycles. The molecule has 0 spiro atoms. The van der Waals surface area contributed by atoms with Gasteiger partial charge in [-0.2, -0.15) is 0 Å². The van der Waals surface area contributed by atoms with E-state index >= 15 is 0 Å². The summed E-state index contributed by atoms with van der Waals surface area (Å²) in [5.74, 6) is -0.523. The van der Waals surface area contributed by atoms with E-state index in [9.17, 15) is 14.7 Å². The lowest BCUT2D eigenvalue weighted by molar-refractivity contribution is -0.141. The number of hydrogen-bond acceptors (Lipinski definition) is 3. The third-order valence-electron chi connectivity index (χ3n) is 4.09. The normalized spacial score (nSPS) is 19.0. The Kier molecular flexibility index (Phi) is 6.45. The second-order valence-corrected chi connectivity index (χ2v) is 6.87. The molecule has 1 aliphatic rings. The van der Waals surface area contributed by atoms with Crippen LogP contribution in [0.3, 0.4) is 0 Å². The molecule has 21 heavy (non-hydrogen) atoms. The molecule has 1 heterocycles. The molecule has 0 saturated carbocycles. The third-order valence-corrected chi connectivity index (χ3v) is 4.09. The van der Waals surface area contributed by atoms with E-state index in [1.54, 1.807) is 20.8 Å². The van der Waals surface area contributed by atoms with Crippen molar-refractivity contribution in [3.8, 4) is 0 Å². The second kappa shape index (κ2) is 7.64. The smallest absolute Gasteiger partial charge is 0.326 e. The zero-order valence-corrected chi connectivity index (χ0v) is 13.6. The predicted octanol–water partition coefficient (Wildman–Crippen LogP) is 1.52. The van der Waals surface area contributed by atoms with Gasteiger partial charge in [-0.25, -0.2) is 9.59 Å². The molecular formula is C15H29N3O3. The van der Waals surface area contributed by atoms with E-state index < -0.39 is 23.5 Å². The lowest BCUT2D eigenvalue weighted by atomic mass is 9.87. The van der Waals surface area contributed by atoms with Gasteiger partial charge in [0.15, 0.2) is 0 Å². The maximum Gasteiger partial charge on any atom is 0.326 e. The Morgan fingerprint density at radius 3 is 2.29 bits per heavy atom. The van der Waals surface area contributed by atoms with E-state index in [1.165, 1.54) is 0 Å². The topological polar surface area (TPSA) is 81.7 Å². The molecule has 0 aromatic heterocycles. The highest BCUT2D eigenvalue weighted by Crippen LogP contribution is 2.19. The molecule has 0 bridgehead atoms. The molecule has 6 heteroatoms. The Morgan fingerprint density at radius 1 is 1.29 bits per heavy atom. The van der Waals surface area contributed by atoms with Crippen LogP contribution in [0.1, 0.15) is 40.5 Å². The Hall–Kier alpha value is -1.30. The number of rotatable bonds is 5. The third kappa shape index (κ3) is 5.91. The van der Waals surface area contributed by atoms with E-state index in [-0.39, 0.29) is 0 Å². The molecule has 1 atom stereocenters. The summed E-state index contributed by atoms with van der Waals surface area (Å²) in [7, 11) is 0. The summed E-state index contributed by atoms with van der Waals surface area (Å²) < 4.78 is 0. The Balaban J connectivity index is 2.35. The number of aliphatic carboxylic acids is 1. The summed E-state index contributed by atoms with van der Waals surface area (Å²) in [6.45, 7) is 11.4. The predicted molar refractivity (Wildman–Crippen MR) is 82.3 cm³/mol. The van der Waals surface area contributed by atoms with Crippen LogP contribution < -0.4 is 10.6 Å². The van der Waals surface area contributed by atoms with Crippen LogP contribution in [0.15, 0.2) is 0 Å². The Labute approximate surface area is 127 Å². The van der Waals surface area contributed by atoms with Crippen LogP contribution in [0, 0.1) is 11.3 Å². The van der Waals surface area contributed by atoms with Gasteiger partial charge in [0.05, 0.1) is 0 Å². The molecule has 0 aromatic carbocycles. The number of carboxylic acid groups (broad SMARTS) is 1. The average molecular weight is 299 g/mol. The number of urea groups is 1. The average Bonchev–Trinajstić information content (AvgIpc) is 2.41. The molecule has 1 saturated heterocycles. The number of likely N-dealkylation sites (tertiary alicyclic amines) is 1. The monoisotopic (exact) mass is 299 g/mol. The minimum atomic E-state index is -1.01. The minimum absolute atomic E-state index is 0.393. The molecule has 1 rings (SSSR count). The van der Waals surface area contributed by atoms with Crippen LogP contribution in [0.2, 0.25) is 0 Å². The minimum Gasteiger partial charge on any atom is -0.480 e. The fraction of sp³-hybridized carbons (Fsp3) is 0.867. The quantitative estimate of drug-likeness (QED) is 0.719. The van der Waals surface area contributed by atoms with Gasteiger partial charge >= 0.3 is 12.0 Å². The van der Waals surface area contributed by atoms with Crippen LogP contribution in [0.25, 0.3) is 0 Å². The van der Waals surface area contributed by atoms with Gasteiger partial charge in [0, 0.05) is 6.54 Å². The molecule has 122 valence electrons. The van der Waals surface area contributed by atoms with Crippen LogP contribution in [-0.2, 0) is 4.79 Å². The number of carbonyl (C=O) groups is 2. The fourth-order valence-corrected chi connectivity index (χ4v) is 2.57. The van der Waals surface area contributed by atoms with Gasteiger partial charge < -0.3 is 20.6 Å². The molecule has 0 radical (unpaired) electrons. The summed E-state index contributed by atoms with van der Waals surface area (Å²) >= 11 is 0. The SMILES string of the molecule is CCN1CCC(CNC(=O)NC(C(=O)O)C(C)(C)C)CC1. The molecule has 2 amide bonds. The van der Waals surface area contributed by atoms with Crippen molar-refractivity contribution in [1.82, 2.24) is 15.5 Å². The first kappa shape index (κ1) is 17.8. The summed E-state index contributed by atoms with van der Waals surface area (Å²) in [5, 5.41) is 14.5. The Bertz CT molecular complexity index is 358. The first-order chi connectivity index (χ1) is 9.74. The highest BCUT2D eigenvalue weighted by molar-refractivity contribution is 5.83. The molecule has 1 unspecified atom stereocenters. The van der Waals surface area contributed by atoms with Crippen LogP contribution in [0.4, 0.5) is 4.79 Å². The number of nitrogens with zero attached hydrogens (tertiary/aromatic N) is 1. The van der Waals surface area contributed by atoms with Gasteiger partial charge in [-0.15, -0.1) is 0 Å². The number of amides is 2. The zero-order chi connectivity index (χ0) is 16.0. The van der Waals surface area contributed by atoms with E-state index in [4.69, 9.17) is 0 Å². The summed E-state index contributed by atoms with van der Waals surface area (Å²) in [6, 6.07) is -1.28. The molecule has 6 nitrogen and oxygen atoms in total. The van der Waals surface area contributed by atoms with E-state index in [1.807, 2.05) is 0 Å². The summed E-state index contributed by atoms with van der Waals surface area (Å²) in [4.78, 5) is 25.5. The first-order valence-corrected chi connectivity index (χ1v) is 7.73. The van der Waals surface area contributed by atoms with E-state index in [0.717, 1.165) is 32.5 Å². The highest BCUT2D eigenvalue weighted by atomic mass is 16.4. The largest absolute Gasteiger partial charge is 0.480 e. The molecule has 3 N–H and O–H groups in total. The standard InChI is InChI=1S/C15H29N3O3/c1-5-18-8-6-11(7-9-18)10-16-14(21)17-12(13(19)20)15(2,3)4/h11-12H,5-10H2,1-4H3,(H,19,20)(H2,16,17,21). The van der Waals surface area contributed by atoms with Crippen molar-refractivity contribution < 1.29 is 14.7 Å². The van der Waals surface area contributed by atoms with Crippen LogP contribution in [-0.4, -0.2) is 54.2 Å². The second-order valence-electron chi connectivity index (χ2n) is 6.87. The van der Waals surface area contributed by atoms with Gasteiger partial charge in [0.2, 0.25) is 0 Å². The fourth-order valence-electron chi connectivity index (χ4n) is 2.57. The highest BCUT2D eigenvalue weighted by Gasteiger charge is 2.32. The molecular weight excluding hydrogens is 270 g/mol. The van der Waals surface area contributed by atoms with Crippen LogP contribution in [0.5, 0.6) is 0 Å². The lowest BCUT2D eigenvalue weighted by Crippen LogP contribution is -2.53. The number of carbonyl (C=O) groups excluding carboxylic acids is 1. The van der Waals surface area contributed by atoms with Crippen molar-refractivity contribution in [3.05, 3.63) is 0 Å². The molecule has 1 aliphatic heterocycles. The lowest BCUT2D eigenvalue weighted by Gasteiger charge is -2.31. The number of carboxylic acids is 1. The zero-order valence-electron chi connectivity index (χ0n) is 13.6. The van der Waals surface area contributed by atoms with Crippen molar-refractivity contribution in [1.29, 1.82) is 0 Å². The van der Waals surface area contributed by atoms with E-state index in [2.05, 4.69) is 22.5 Å². The van der Waals surface area contributed by atoms with Gasteiger partial charge in [-0.3, -0.25) is 0 Å². The summed E-state index contributed by atoms with van der Waals surface area (Å²) in [5.41, 5.74) is -0.518. The van der Waals surface area contributed by atoms with Gasteiger partial charge in [-0.1, -0.05) is 27.7 Å². The van der Waals surface area contributed by atoms with Crippen LogP contribution >= 0.6 is 0 Å². The maximum absolute atomic E-state index is 11.9. The van der Waals surface area contributed by atoms with Gasteiger partial charge in [0.25, 0.3) is 0 Å². The molecule has 1 fully saturated rings. The van der Waals surface area contributed by atoms with Gasteiger partial charge in [-0.05, 0) is 43.8 Å². The van der Waals surface area contributed by atoms with E-state index in [0.29, 0.717) is 12.5 Å². The number of hydrogen-bond donors (Lipinski definition) is 3. The van der Waals surface area contributed by atoms with Crippen molar-refractivity contribution >= 4 is 12.0 Å². The van der Waals surface area contributed by atoms with Crippen molar-refractivity contribution in [2.24, 2.45) is 11.3 Å². The first-order valence-electron chi connectivity index (χ1n) is 7.73. The Morgan fingerprint density at radius 2 is 1.86 bits per heavy atom.